The Morgan fingerprint density at radius 1 is 0.326 bits per heavy atom. The van der Waals surface area contributed by atoms with Crippen molar-refractivity contribution in [2.45, 2.75) is 270 Å². The summed E-state index contributed by atoms with van der Waals surface area (Å²) < 4.78 is 60.8. The van der Waals surface area contributed by atoms with E-state index in [0.717, 1.165) is 148 Å². The first-order valence-corrected chi connectivity index (χ1v) is 36.8. The molecule has 0 aromatic rings. The van der Waals surface area contributed by atoms with Crippen molar-refractivity contribution in [3.05, 3.63) is 122 Å². The number of hydrogen-bond donors (Lipinski definition) is 4. The summed E-state index contributed by atoms with van der Waals surface area (Å²) in [6, 6.07) is 0. The van der Waals surface area contributed by atoms with Gasteiger partial charge in [0.15, 0.2) is 6.10 Å². The van der Waals surface area contributed by atoms with Gasteiger partial charge in [-0.1, -0.05) is 219 Å². The molecule has 0 radical (unpaired) electrons. The highest BCUT2D eigenvalue weighted by molar-refractivity contribution is 7.47. The zero-order chi connectivity index (χ0) is 65.3. The molecule has 89 heavy (non-hydrogen) atoms. The van der Waals surface area contributed by atoms with Crippen LogP contribution in [0.1, 0.15) is 252 Å². The van der Waals surface area contributed by atoms with Crippen LogP contribution < -0.4 is 0 Å². The number of phosphoric acid groups is 2. The van der Waals surface area contributed by atoms with Crippen LogP contribution in [-0.2, 0) is 55.8 Å². The summed E-state index contributed by atoms with van der Waals surface area (Å²) in [4.78, 5) is 58.3. The van der Waals surface area contributed by atoms with Crippen molar-refractivity contribution < 1.29 is 75.8 Å². The first-order valence-electron chi connectivity index (χ1n) is 33.8. The van der Waals surface area contributed by atoms with Gasteiger partial charge >= 0.3 is 33.6 Å². The molecule has 0 saturated carbocycles. The van der Waals surface area contributed by atoms with Gasteiger partial charge in [-0.2, -0.15) is 0 Å². The Bertz CT molecular complexity index is 2110. The summed E-state index contributed by atoms with van der Waals surface area (Å²) in [6.45, 7) is 2.42. The summed E-state index contributed by atoms with van der Waals surface area (Å²) in [5.41, 5.74) is 0. The van der Waals surface area contributed by atoms with Gasteiger partial charge in [0.25, 0.3) is 0 Å². The summed E-state index contributed by atoms with van der Waals surface area (Å²) in [5.74, 6) is -1.65. The van der Waals surface area contributed by atoms with Gasteiger partial charge in [0.05, 0.1) is 26.4 Å². The van der Waals surface area contributed by atoms with Crippen molar-refractivity contribution in [1.82, 2.24) is 0 Å². The summed E-state index contributed by atoms with van der Waals surface area (Å²) >= 11 is 0. The predicted molar refractivity (Wildman–Crippen MR) is 362 cm³/mol. The molecule has 0 spiro atoms. The lowest BCUT2D eigenvalue weighted by atomic mass is 10.1. The maximum absolute atomic E-state index is 12.9. The largest absolute Gasteiger partial charge is 0.472 e. The number of aliphatic hydroxyl groups is 2. The fourth-order valence-corrected chi connectivity index (χ4v) is 10.0. The third kappa shape index (κ3) is 65.3. The molecule has 0 aliphatic rings. The maximum atomic E-state index is 12.9. The highest BCUT2D eigenvalue weighted by Crippen LogP contribution is 2.45. The van der Waals surface area contributed by atoms with Crippen molar-refractivity contribution in [3.63, 3.8) is 0 Å². The standard InChI is InChI=1S/C71H120O16P2/c1-4-7-10-13-16-19-22-25-27-29-31-32-34-36-37-40-42-45-48-51-54-57-69(74)81-60-66(72)61-83-88(77,78)84-62-67(73)63-85-89(79,80)86-65-68(87-71(76)59-56-53-50-47-44-39-24-21-18-15-12-9-6-3)64-82-70(75)58-55-52-49-46-43-41-38-35-33-30-28-26-23-20-17-14-11-8-5-2/h7,10,16-17,19-21,24-28,31-33,35-37,42,45,66-68,72-73H,4-6,8-9,11-15,18,22-23,29-30,34,38-41,43-44,46-65H2,1-3H3,(H,77,78)(H,79,80)/b10-7-,19-16-,20-17-,24-21-,27-25-,28-26-,32-31-,35-33-,37-36-,45-42-. The van der Waals surface area contributed by atoms with Crippen LogP contribution in [0, 0.1) is 0 Å². The number of allylic oxidation sites excluding steroid dienone is 20. The van der Waals surface area contributed by atoms with Crippen LogP contribution in [0.25, 0.3) is 0 Å². The predicted octanol–water partition coefficient (Wildman–Crippen LogP) is 18.6. The number of phosphoric ester groups is 2. The van der Waals surface area contributed by atoms with Crippen LogP contribution in [0.5, 0.6) is 0 Å². The van der Waals surface area contributed by atoms with E-state index in [-0.39, 0.29) is 19.3 Å². The average Bonchev–Trinajstić information content (AvgIpc) is 3.55. The number of esters is 3. The third-order valence-corrected chi connectivity index (χ3v) is 15.5. The molecule has 0 aliphatic carbocycles. The minimum atomic E-state index is -4.93. The molecular formula is C71H120O16P2. The van der Waals surface area contributed by atoms with Crippen molar-refractivity contribution in [3.8, 4) is 0 Å². The molecular weight excluding hydrogens is 1170 g/mol. The van der Waals surface area contributed by atoms with Crippen molar-refractivity contribution in [2.75, 3.05) is 39.6 Å². The zero-order valence-electron chi connectivity index (χ0n) is 55.1. The van der Waals surface area contributed by atoms with E-state index >= 15 is 0 Å². The zero-order valence-corrected chi connectivity index (χ0v) is 56.8. The first-order chi connectivity index (χ1) is 43.2. The second-order valence-corrected chi connectivity index (χ2v) is 25.1. The molecule has 4 N–H and O–H groups in total. The van der Waals surface area contributed by atoms with Gasteiger partial charge in [-0.25, -0.2) is 9.13 Å². The second-order valence-electron chi connectivity index (χ2n) is 22.2. The highest BCUT2D eigenvalue weighted by Gasteiger charge is 2.29. The van der Waals surface area contributed by atoms with Crippen molar-refractivity contribution in [2.24, 2.45) is 0 Å². The Morgan fingerprint density at radius 2 is 0.596 bits per heavy atom. The average molecular weight is 1290 g/mol. The SMILES string of the molecule is CC/C=C\C/C=C\C/C=C\C/C=C\C/C=C\C/C=C\CCCCC(=O)OCC(O)COP(=O)(O)OCC(O)COP(=O)(O)OCC(COC(=O)CCCCCCCC/C=C\C/C=C\C/C=C\CCCCC)OC(=O)CCCCCCC/C=C\CCCCCC. The van der Waals surface area contributed by atoms with Gasteiger partial charge in [0.1, 0.15) is 25.4 Å². The third-order valence-electron chi connectivity index (χ3n) is 13.6. The lowest BCUT2D eigenvalue weighted by molar-refractivity contribution is -0.161. The fraction of sp³-hybridized carbons (Fsp3) is 0.676. The molecule has 16 nitrogen and oxygen atoms in total. The Balaban J connectivity index is 4.70. The molecule has 18 heteroatoms. The van der Waals surface area contributed by atoms with Crippen molar-refractivity contribution >= 4 is 33.6 Å². The van der Waals surface area contributed by atoms with Crippen LogP contribution in [0.4, 0.5) is 0 Å². The fourth-order valence-electron chi connectivity index (χ4n) is 8.46. The van der Waals surface area contributed by atoms with E-state index in [4.69, 9.17) is 32.3 Å². The molecule has 5 unspecified atom stereocenters. The van der Waals surface area contributed by atoms with Gasteiger partial charge in [0.2, 0.25) is 0 Å². The number of carbonyl (C=O) groups excluding carboxylic acids is 3. The van der Waals surface area contributed by atoms with Gasteiger partial charge in [-0.15, -0.1) is 0 Å². The summed E-state index contributed by atoms with van der Waals surface area (Å²) in [6.07, 6.45) is 72.5. The Kier molecular flexibility index (Phi) is 61.2. The van der Waals surface area contributed by atoms with Crippen LogP contribution in [0.2, 0.25) is 0 Å². The van der Waals surface area contributed by atoms with E-state index in [1.54, 1.807) is 0 Å². The molecule has 0 amide bonds. The number of aliphatic hydroxyl groups excluding tert-OH is 2. The molecule has 0 bridgehead atoms. The Morgan fingerprint density at radius 3 is 1.00 bits per heavy atom. The van der Waals surface area contributed by atoms with E-state index in [1.807, 2.05) is 0 Å². The number of hydrogen-bond acceptors (Lipinski definition) is 14. The van der Waals surface area contributed by atoms with Gasteiger partial charge in [-0.3, -0.25) is 32.5 Å². The van der Waals surface area contributed by atoms with Crippen LogP contribution in [0.3, 0.4) is 0 Å². The Labute approximate surface area is 538 Å². The smallest absolute Gasteiger partial charge is 0.463 e. The molecule has 510 valence electrons. The molecule has 5 atom stereocenters. The Hall–Kier alpha value is -4.05. The summed E-state index contributed by atoms with van der Waals surface area (Å²) in [5, 5.41) is 20.5. The van der Waals surface area contributed by atoms with E-state index < -0.39 is 91.5 Å². The maximum Gasteiger partial charge on any atom is 0.472 e. The van der Waals surface area contributed by atoms with Crippen molar-refractivity contribution in [1.29, 1.82) is 0 Å². The van der Waals surface area contributed by atoms with Gasteiger partial charge in [-0.05, 0) is 135 Å². The quantitative estimate of drug-likeness (QED) is 0.0146. The minimum absolute atomic E-state index is 0.0880. The van der Waals surface area contributed by atoms with Crippen LogP contribution in [-0.4, -0.2) is 95.9 Å². The minimum Gasteiger partial charge on any atom is -0.463 e. The molecule has 0 fully saturated rings. The van der Waals surface area contributed by atoms with E-state index in [9.17, 15) is 43.5 Å². The second kappa shape index (κ2) is 64.1. The van der Waals surface area contributed by atoms with E-state index in [1.165, 1.54) is 44.9 Å². The monoisotopic (exact) mass is 1290 g/mol. The number of unbranched alkanes of at least 4 members (excludes halogenated alkanes) is 20. The van der Waals surface area contributed by atoms with Crippen LogP contribution in [0.15, 0.2) is 122 Å². The van der Waals surface area contributed by atoms with Gasteiger partial charge < -0.3 is 34.2 Å². The topological polar surface area (TPSA) is 231 Å². The van der Waals surface area contributed by atoms with Crippen LogP contribution >= 0.6 is 15.6 Å². The molecule has 0 aliphatic heterocycles. The first kappa shape index (κ1) is 85.0. The molecule has 0 aromatic heterocycles. The number of ether oxygens (including phenoxy) is 3. The lowest BCUT2D eigenvalue weighted by Gasteiger charge is -2.21. The summed E-state index contributed by atoms with van der Waals surface area (Å²) in [7, 11) is -9.80. The number of carbonyl (C=O) groups is 3. The lowest BCUT2D eigenvalue weighted by Crippen LogP contribution is -2.30. The molecule has 0 heterocycles. The normalized spacial score (nSPS) is 15.0. The van der Waals surface area contributed by atoms with E-state index in [0.29, 0.717) is 19.3 Å². The molecule has 0 saturated heterocycles. The molecule has 0 rings (SSSR count). The number of rotatable bonds is 63. The van der Waals surface area contributed by atoms with E-state index in [2.05, 4.69) is 142 Å². The molecule has 0 aromatic carbocycles. The van der Waals surface area contributed by atoms with Gasteiger partial charge in [0, 0.05) is 19.3 Å². The highest BCUT2D eigenvalue weighted by atomic mass is 31.2.